The summed E-state index contributed by atoms with van der Waals surface area (Å²) in [5, 5.41) is 10.5. The van der Waals surface area contributed by atoms with Crippen LogP contribution in [0.15, 0.2) is 29.2 Å². The fourth-order valence-corrected chi connectivity index (χ4v) is 2.15. The fourth-order valence-electron chi connectivity index (χ4n) is 1.72. The predicted molar refractivity (Wildman–Crippen MR) is 78.1 cm³/mol. The molecule has 0 radical (unpaired) electrons. The Morgan fingerprint density at radius 2 is 2.20 bits per heavy atom. The number of nitro benzene ring substituents is 1. The van der Waals surface area contributed by atoms with Crippen LogP contribution >= 0.6 is 22.6 Å². The zero-order valence-electron chi connectivity index (χ0n) is 10.3. The number of aromatic nitrogens is 2. The van der Waals surface area contributed by atoms with E-state index in [4.69, 9.17) is 0 Å². The first-order chi connectivity index (χ1) is 9.40. The van der Waals surface area contributed by atoms with E-state index >= 15 is 0 Å². The molecule has 0 aliphatic rings. The molecule has 0 N–H and O–H groups in total. The van der Waals surface area contributed by atoms with E-state index in [1.54, 1.807) is 6.92 Å². The molecule has 0 unspecified atom stereocenters. The molecule has 1 heterocycles. The van der Waals surface area contributed by atoms with Crippen molar-refractivity contribution in [3.05, 3.63) is 65.6 Å². The zero-order chi connectivity index (χ0) is 14.9. The van der Waals surface area contributed by atoms with Crippen LogP contribution in [0.4, 0.5) is 10.1 Å². The summed E-state index contributed by atoms with van der Waals surface area (Å²) >= 11 is 1.87. The summed E-state index contributed by atoms with van der Waals surface area (Å²) in [7, 11) is 0. The van der Waals surface area contributed by atoms with Gasteiger partial charge in [0, 0.05) is 12.3 Å². The third-order valence-corrected chi connectivity index (χ3v) is 3.49. The Morgan fingerprint density at radius 3 is 2.80 bits per heavy atom. The number of rotatable bonds is 3. The fraction of sp³-hybridized carbons (Fsp3) is 0.167. The molecule has 0 amide bonds. The van der Waals surface area contributed by atoms with Gasteiger partial charge in [-0.15, -0.1) is 0 Å². The van der Waals surface area contributed by atoms with Crippen LogP contribution in [0.25, 0.3) is 0 Å². The van der Waals surface area contributed by atoms with Crippen LogP contribution in [0.2, 0.25) is 0 Å². The van der Waals surface area contributed by atoms with Crippen molar-refractivity contribution in [2.45, 2.75) is 13.5 Å². The van der Waals surface area contributed by atoms with Crippen molar-refractivity contribution in [2.24, 2.45) is 0 Å². The highest BCUT2D eigenvalue weighted by Gasteiger charge is 2.14. The quantitative estimate of drug-likeness (QED) is 0.459. The Morgan fingerprint density at radius 1 is 1.50 bits per heavy atom. The van der Waals surface area contributed by atoms with Gasteiger partial charge >= 0.3 is 5.69 Å². The van der Waals surface area contributed by atoms with Crippen molar-refractivity contribution >= 4 is 28.3 Å². The molecule has 20 heavy (non-hydrogen) atoms. The van der Waals surface area contributed by atoms with Crippen molar-refractivity contribution in [1.29, 1.82) is 0 Å². The topological polar surface area (TPSA) is 78.0 Å². The third kappa shape index (κ3) is 2.84. The Balaban J connectivity index is 2.41. The van der Waals surface area contributed by atoms with Crippen molar-refractivity contribution in [3.8, 4) is 0 Å². The van der Waals surface area contributed by atoms with E-state index in [-0.39, 0.29) is 12.1 Å². The first-order valence-electron chi connectivity index (χ1n) is 5.55. The summed E-state index contributed by atoms with van der Waals surface area (Å²) < 4.78 is 15.4. The van der Waals surface area contributed by atoms with Gasteiger partial charge in [-0.05, 0) is 41.1 Å². The lowest BCUT2D eigenvalue weighted by atomic mass is 10.2. The Kier molecular flexibility index (Phi) is 4.12. The van der Waals surface area contributed by atoms with Gasteiger partial charge < -0.3 is 0 Å². The van der Waals surface area contributed by atoms with E-state index in [9.17, 15) is 19.3 Å². The Bertz CT molecular complexity index is 745. The third-order valence-electron chi connectivity index (χ3n) is 2.75. The van der Waals surface area contributed by atoms with Gasteiger partial charge in [0.1, 0.15) is 5.82 Å². The summed E-state index contributed by atoms with van der Waals surface area (Å²) in [5.74, 6) is -0.425. The molecule has 0 saturated carbocycles. The van der Waals surface area contributed by atoms with Gasteiger partial charge in [0.2, 0.25) is 5.82 Å². The summed E-state index contributed by atoms with van der Waals surface area (Å²) in [6.45, 7) is 1.78. The number of nitrogens with zero attached hydrogens (tertiary/aromatic N) is 3. The van der Waals surface area contributed by atoms with E-state index in [1.165, 1.54) is 16.8 Å². The molecular formula is C12H9FIN3O3. The minimum Gasteiger partial charge on any atom is -0.292 e. The first kappa shape index (κ1) is 14.6. The smallest absolute Gasteiger partial charge is 0.292 e. The van der Waals surface area contributed by atoms with Crippen LogP contribution in [-0.4, -0.2) is 14.5 Å². The van der Waals surface area contributed by atoms with Gasteiger partial charge in [-0.1, -0.05) is 6.07 Å². The highest BCUT2D eigenvalue weighted by molar-refractivity contribution is 14.1. The number of nitro groups is 1. The lowest BCUT2D eigenvalue weighted by molar-refractivity contribution is -0.387. The number of halogens is 2. The molecule has 0 fully saturated rings. The number of benzene rings is 1. The molecule has 6 nitrogen and oxygen atoms in total. The van der Waals surface area contributed by atoms with Crippen LogP contribution in [0.1, 0.15) is 11.4 Å². The van der Waals surface area contributed by atoms with Gasteiger partial charge in [0.15, 0.2) is 0 Å². The molecule has 8 heteroatoms. The average molecular weight is 389 g/mol. The van der Waals surface area contributed by atoms with E-state index in [1.807, 2.05) is 22.6 Å². The van der Waals surface area contributed by atoms with Crippen molar-refractivity contribution in [1.82, 2.24) is 9.55 Å². The molecule has 0 spiro atoms. The Hall–Kier alpha value is -1.84. The lowest BCUT2D eigenvalue weighted by Crippen LogP contribution is -2.26. The van der Waals surface area contributed by atoms with E-state index in [0.29, 0.717) is 15.0 Å². The Labute approximate surface area is 126 Å². The number of hydrogen-bond acceptors (Lipinski definition) is 4. The van der Waals surface area contributed by atoms with Crippen LogP contribution in [0, 0.1) is 26.4 Å². The molecule has 1 aromatic heterocycles. The zero-order valence-corrected chi connectivity index (χ0v) is 12.5. The molecule has 0 atom stereocenters. The molecule has 1 aromatic carbocycles. The molecule has 0 bridgehead atoms. The lowest BCUT2D eigenvalue weighted by Gasteiger charge is -2.09. The van der Waals surface area contributed by atoms with Gasteiger partial charge in [0.25, 0.3) is 5.56 Å². The van der Waals surface area contributed by atoms with Crippen LogP contribution in [0.3, 0.4) is 0 Å². The molecule has 0 aliphatic heterocycles. The average Bonchev–Trinajstić information content (AvgIpc) is 2.39. The molecule has 104 valence electrons. The maximum atomic E-state index is 13.5. The van der Waals surface area contributed by atoms with Crippen molar-refractivity contribution in [2.75, 3.05) is 0 Å². The van der Waals surface area contributed by atoms with Crippen molar-refractivity contribution < 1.29 is 9.31 Å². The molecule has 2 rings (SSSR count). The second-order valence-corrected chi connectivity index (χ2v) is 5.25. The van der Waals surface area contributed by atoms with Gasteiger partial charge in [-0.2, -0.15) is 4.39 Å². The SMILES string of the molecule is Cc1ncc(I)c(=O)n1Cc1ccc([N+](=O)[O-])c(F)c1. The normalized spacial score (nSPS) is 10.6. The summed E-state index contributed by atoms with van der Waals surface area (Å²) in [6, 6.07) is 3.57. The largest absolute Gasteiger partial charge is 0.304 e. The maximum absolute atomic E-state index is 13.5. The van der Waals surface area contributed by atoms with Gasteiger partial charge in [-0.3, -0.25) is 19.5 Å². The van der Waals surface area contributed by atoms with Gasteiger partial charge in [0.05, 0.1) is 15.0 Å². The molecule has 0 saturated heterocycles. The number of aryl methyl sites for hydroxylation is 1. The minimum atomic E-state index is -0.920. The van der Waals surface area contributed by atoms with E-state index in [2.05, 4.69) is 4.98 Å². The maximum Gasteiger partial charge on any atom is 0.304 e. The molecule has 2 aromatic rings. The van der Waals surface area contributed by atoms with E-state index in [0.717, 1.165) is 12.1 Å². The van der Waals surface area contributed by atoms with Crippen molar-refractivity contribution in [3.63, 3.8) is 0 Å². The van der Waals surface area contributed by atoms with E-state index < -0.39 is 16.4 Å². The highest BCUT2D eigenvalue weighted by atomic mass is 127. The standard InChI is InChI=1S/C12H9FIN3O3/c1-7-15-5-10(14)12(18)16(7)6-8-2-3-11(17(19)20)9(13)4-8/h2-5H,6H2,1H3. The summed E-state index contributed by atoms with van der Waals surface area (Å²) in [4.78, 5) is 25.8. The highest BCUT2D eigenvalue weighted by Crippen LogP contribution is 2.18. The molecular weight excluding hydrogens is 380 g/mol. The van der Waals surface area contributed by atoms with Crippen LogP contribution in [-0.2, 0) is 6.54 Å². The predicted octanol–water partition coefficient (Wildman–Crippen LogP) is 2.25. The first-order valence-corrected chi connectivity index (χ1v) is 6.63. The minimum absolute atomic E-state index is 0.115. The summed E-state index contributed by atoms with van der Waals surface area (Å²) in [5.41, 5.74) is -0.349. The second kappa shape index (κ2) is 5.65. The monoisotopic (exact) mass is 389 g/mol. The van der Waals surface area contributed by atoms with Crippen LogP contribution in [0.5, 0.6) is 0 Å². The number of hydrogen-bond donors (Lipinski definition) is 0. The van der Waals surface area contributed by atoms with Crippen LogP contribution < -0.4 is 5.56 Å². The van der Waals surface area contributed by atoms with Gasteiger partial charge in [-0.25, -0.2) is 4.98 Å². The second-order valence-electron chi connectivity index (χ2n) is 4.09. The molecule has 0 aliphatic carbocycles. The summed E-state index contributed by atoms with van der Waals surface area (Å²) in [6.07, 6.45) is 1.46.